The molecule has 1 aliphatic carbocycles. The van der Waals surface area contributed by atoms with E-state index in [1.807, 2.05) is 6.92 Å². The van der Waals surface area contributed by atoms with Crippen LogP contribution >= 0.6 is 0 Å². The second kappa shape index (κ2) is 2.83. The summed E-state index contributed by atoms with van der Waals surface area (Å²) in [5.74, 6) is 0.546. The number of aromatic nitrogens is 1. The molecule has 0 unspecified atom stereocenters. The molecule has 1 aromatic rings. The molecule has 13 heavy (non-hydrogen) atoms. The number of hydrogen-bond donors (Lipinski definition) is 0. The molecule has 0 saturated heterocycles. The van der Waals surface area contributed by atoms with Gasteiger partial charge < -0.3 is 4.74 Å². The number of pyridine rings is 1. The highest BCUT2D eigenvalue weighted by Crippen LogP contribution is 2.38. The van der Waals surface area contributed by atoms with E-state index in [2.05, 4.69) is 4.98 Å². The molecule has 0 amide bonds. The maximum absolute atomic E-state index is 10.5. The van der Waals surface area contributed by atoms with Crippen molar-refractivity contribution in [3.8, 4) is 5.88 Å². The van der Waals surface area contributed by atoms with Gasteiger partial charge in [-0.15, -0.1) is 0 Å². The first-order valence-electron chi connectivity index (χ1n) is 4.32. The van der Waals surface area contributed by atoms with E-state index in [0.29, 0.717) is 11.4 Å². The molecule has 0 spiro atoms. The number of carbonyl (C=O) groups excluding carboxylic acids is 1. The number of nitrogens with zero attached hydrogens (tertiary/aromatic N) is 1. The van der Waals surface area contributed by atoms with Crippen LogP contribution in [0.25, 0.3) is 0 Å². The van der Waals surface area contributed by atoms with Crippen molar-refractivity contribution >= 4 is 6.29 Å². The Bertz CT molecular complexity index is 331. The Hall–Kier alpha value is -1.38. The third-order valence-corrected chi connectivity index (χ3v) is 2.20. The van der Waals surface area contributed by atoms with Gasteiger partial charge in [0.2, 0.25) is 5.88 Å². The highest BCUT2D eigenvalue weighted by atomic mass is 16.5. The van der Waals surface area contributed by atoms with Gasteiger partial charge in [0.25, 0.3) is 0 Å². The van der Waals surface area contributed by atoms with Gasteiger partial charge in [-0.2, -0.15) is 0 Å². The first-order chi connectivity index (χ1) is 6.22. The van der Waals surface area contributed by atoms with Gasteiger partial charge in [-0.1, -0.05) is 0 Å². The van der Waals surface area contributed by atoms with Gasteiger partial charge in [0.15, 0.2) is 0 Å². The van der Waals surface area contributed by atoms with Crippen molar-refractivity contribution < 1.29 is 9.53 Å². The SMILES string of the molecule is CC1(Oc2cc(C=O)ccn2)CC1. The lowest BCUT2D eigenvalue weighted by molar-refractivity contribution is 0.112. The topological polar surface area (TPSA) is 39.2 Å². The van der Waals surface area contributed by atoms with Gasteiger partial charge in [0.05, 0.1) is 0 Å². The maximum Gasteiger partial charge on any atom is 0.214 e. The standard InChI is InChI=1S/C10H11NO2/c1-10(3-4-10)13-9-6-8(7-12)2-5-11-9/h2,5-7H,3-4H2,1H3. The van der Waals surface area contributed by atoms with Crippen LogP contribution in [-0.2, 0) is 0 Å². The van der Waals surface area contributed by atoms with Crippen molar-refractivity contribution in [1.82, 2.24) is 4.98 Å². The fourth-order valence-electron chi connectivity index (χ4n) is 1.08. The lowest BCUT2D eigenvalue weighted by atomic mass is 10.3. The Morgan fingerprint density at radius 2 is 2.38 bits per heavy atom. The average Bonchev–Trinajstić information content (AvgIpc) is 2.84. The van der Waals surface area contributed by atoms with Gasteiger partial charge in [-0.3, -0.25) is 4.79 Å². The van der Waals surface area contributed by atoms with E-state index in [4.69, 9.17) is 4.74 Å². The Labute approximate surface area is 76.7 Å². The molecule has 0 aliphatic heterocycles. The summed E-state index contributed by atoms with van der Waals surface area (Å²) in [5, 5.41) is 0. The van der Waals surface area contributed by atoms with Gasteiger partial charge in [-0.25, -0.2) is 4.98 Å². The van der Waals surface area contributed by atoms with Crippen LogP contribution in [0.15, 0.2) is 18.3 Å². The predicted octanol–water partition coefficient (Wildman–Crippen LogP) is 1.83. The second-order valence-corrected chi connectivity index (χ2v) is 3.60. The molecule has 2 rings (SSSR count). The van der Waals surface area contributed by atoms with Crippen LogP contribution in [0.4, 0.5) is 0 Å². The monoisotopic (exact) mass is 177 g/mol. The van der Waals surface area contributed by atoms with Gasteiger partial charge in [0, 0.05) is 17.8 Å². The summed E-state index contributed by atoms with van der Waals surface area (Å²) in [7, 11) is 0. The van der Waals surface area contributed by atoms with Crippen molar-refractivity contribution in [2.24, 2.45) is 0 Å². The number of rotatable bonds is 3. The highest BCUT2D eigenvalue weighted by Gasteiger charge is 2.40. The Kier molecular flexibility index (Phi) is 1.79. The molecule has 3 heteroatoms. The molecule has 1 saturated carbocycles. The van der Waals surface area contributed by atoms with E-state index in [1.54, 1.807) is 18.3 Å². The Morgan fingerprint density at radius 3 is 3.00 bits per heavy atom. The largest absolute Gasteiger partial charge is 0.471 e. The van der Waals surface area contributed by atoms with Crippen LogP contribution in [0, 0.1) is 0 Å². The second-order valence-electron chi connectivity index (χ2n) is 3.60. The normalized spacial score (nSPS) is 17.9. The number of hydrogen-bond acceptors (Lipinski definition) is 3. The van der Waals surface area contributed by atoms with Crippen LogP contribution in [0.3, 0.4) is 0 Å². The first-order valence-corrected chi connectivity index (χ1v) is 4.32. The first kappa shape index (κ1) is 8.23. The number of ether oxygens (including phenoxy) is 1. The van der Waals surface area contributed by atoms with E-state index in [-0.39, 0.29) is 5.60 Å². The Morgan fingerprint density at radius 1 is 1.62 bits per heavy atom. The van der Waals surface area contributed by atoms with Crippen LogP contribution in [-0.4, -0.2) is 16.9 Å². The molecule has 1 aromatic heterocycles. The van der Waals surface area contributed by atoms with E-state index >= 15 is 0 Å². The smallest absolute Gasteiger partial charge is 0.214 e. The minimum atomic E-state index is -0.0332. The Balaban J connectivity index is 2.15. The van der Waals surface area contributed by atoms with Gasteiger partial charge >= 0.3 is 0 Å². The van der Waals surface area contributed by atoms with Crippen LogP contribution in [0.1, 0.15) is 30.1 Å². The lowest BCUT2D eigenvalue weighted by Crippen LogP contribution is -2.13. The molecule has 0 bridgehead atoms. The summed E-state index contributed by atoms with van der Waals surface area (Å²) in [5.41, 5.74) is 0.573. The minimum Gasteiger partial charge on any atom is -0.471 e. The summed E-state index contributed by atoms with van der Waals surface area (Å²) < 4.78 is 5.59. The van der Waals surface area contributed by atoms with Gasteiger partial charge in [0.1, 0.15) is 11.9 Å². The maximum atomic E-state index is 10.5. The molecule has 68 valence electrons. The molecule has 0 radical (unpaired) electrons. The van der Waals surface area contributed by atoms with E-state index < -0.39 is 0 Å². The molecular weight excluding hydrogens is 166 g/mol. The summed E-state index contributed by atoms with van der Waals surface area (Å²) in [6.07, 6.45) is 4.52. The van der Waals surface area contributed by atoms with Crippen LogP contribution in [0.5, 0.6) is 5.88 Å². The van der Waals surface area contributed by atoms with Crippen molar-refractivity contribution in [2.45, 2.75) is 25.4 Å². The fraction of sp³-hybridized carbons (Fsp3) is 0.400. The van der Waals surface area contributed by atoms with Crippen LogP contribution in [0.2, 0.25) is 0 Å². The molecule has 1 fully saturated rings. The summed E-state index contributed by atoms with van der Waals surface area (Å²) in [4.78, 5) is 14.5. The molecular formula is C10H11NO2. The van der Waals surface area contributed by atoms with Crippen molar-refractivity contribution in [3.63, 3.8) is 0 Å². The zero-order chi connectivity index (χ0) is 9.31. The van der Waals surface area contributed by atoms with Crippen molar-refractivity contribution in [3.05, 3.63) is 23.9 Å². The molecule has 1 aliphatic rings. The number of carbonyl (C=O) groups is 1. The molecule has 0 atom stereocenters. The quantitative estimate of drug-likeness (QED) is 0.661. The molecule has 3 nitrogen and oxygen atoms in total. The van der Waals surface area contributed by atoms with E-state index in [1.165, 1.54) is 0 Å². The lowest BCUT2D eigenvalue weighted by Gasteiger charge is -2.10. The molecule has 0 aromatic carbocycles. The van der Waals surface area contributed by atoms with Crippen molar-refractivity contribution in [2.75, 3.05) is 0 Å². The zero-order valence-electron chi connectivity index (χ0n) is 7.49. The summed E-state index contributed by atoms with van der Waals surface area (Å²) >= 11 is 0. The highest BCUT2D eigenvalue weighted by molar-refractivity contribution is 5.74. The van der Waals surface area contributed by atoms with Gasteiger partial charge in [-0.05, 0) is 25.8 Å². The van der Waals surface area contributed by atoms with E-state index in [9.17, 15) is 4.79 Å². The number of aldehydes is 1. The zero-order valence-corrected chi connectivity index (χ0v) is 7.49. The third kappa shape index (κ3) is 1.86. The molecule has 0 N–H and O–H groups in total. The minimum absolute atomic E-state index is 0.0332. The molecule has 1 heterocycles. The average molecular weight is 177 g/mol. The third-order valence-electron chi connectivity index (χ3n) is 2.20. The fourth-order valence-corrected chi connectivity index (χ4v) is 1.08. The van der Waals surface area contributed by atoms with Crippen molar-refractivity contribution in [1.29, 1.82) is 0 Å². The van der Waals surface area contributed by atoms with Crippen LogP contribution < -0.4 is 4.74 Å². The predicted molar refractivity (Wildman–Crippen MR) is 47.9 cm³/mol. The van der Waals surface area contributed by atoms with E-state index in [0.717, 1.165) is 19.1 Å². The summed E-state index contributed by atoms with van der Waals surface area (Å²) in [6, 6.07) is 3.33. The summed E-state index contributed by atoms with van der Waals surface area (Å²) in [6.45, 7) is 2.04.